The number of hydrogen-bond acceptors (Lipinski definition) is 3. The van der Waals surface area contributed by atoms with Crippen LogP contribution >= 0.6 is 22.9 Å². The summed E-state index contributed by atoms with van der Waals surface area (Å²) in [5.74, 6) is 0. The Balaban J connectivity index is 1.69. The van der Waals surface area contributed by atoms with Gasteiger partial charge in [-0.1, -0.05) is 60.1 Å². The molecule has 0 N–H and O–H groups in total. The maximum absolute atomic E-state index is 9.54. The fourth-order valence-electron chi connectivity index (χ4n) is 2.75. The Labute approximate surface area is 160 Å². The Hall–Kier alpha value is -2.93. The molecule has 0 spiro atoms. The molecule has 4 heteroatoms. The summed E-state index contributed by atoms with van der Waals surface area (Å²) in [5, 5.41) is 15.3. The first-order valence-corrected chi connectivity index (χ1v) is 9.31. The first-order valence-electron chi connectivity index (χ1n) is 8.05. The third-order valence-electron chi connectivity index (χ3n) is 4.08. The molecule has 0 saturated carbocycles. The molecule has 0 saturated heterocycles. The molecule has 0 atom stereocenters. The summed E-state index contributed by atoms with van der Waals surface area (Å²) < 4.78 is 0. The molecule has 26 heavy (non-hydrogen) atoms. The molecule has 0 unspecified atom stereocenters. The highest BCUT2D eigenvalue weighted by Crippen LogP contribution is 2.29. The average molecular weight is 373 g/mol. The number of rotatable bonds is 3. The number of allylic oxidation sites excluding steroid dienone is 1. The Bertz CT molecular complexity index is 1150. The molecule has 2 nitrogen and oxygen atoms in total. The van der Waals surface area contributed by atoms with Gasteiger partial charge in [0.15, 0.2) is 0 Å². The number of thiazole rings is 1. The lowest BCUT2D eigenvalue weighted by molar-refractivity contribution is 1.37. The molecule has 3 aromatic carbocycles. The van der Waals surface area contributed by atoms with E-state index in [-0.39, 0.29) is 0 Å². The molecule has 0 bridgehead atoms. The van der Waals surface area contributed by atoms with Crippen LogP contribution in [0.5, 0.6) is 0 Å². The maximum Gasteiger partial charge on any atom is 0.134 e. The van der Waals surface area contributed by atoms with E-state index in [1.807, 2.05) is 47.9 Å². The van der Waals surface area contributed by atoms with Gasteiger partial charge in [-0.25, -0.2) is 4.98 Å². The van der Waals surface area contributed by atoms with E-state index in [2.05, 4.69) is 41.4 Å². The molecule has 4 aromatic rings. The molecule has 1 aromatic heterocycles. The second-order valence-corrected chi connectivity index (χ2v) is 7.12. The molecule has 0 aliphatic heterocycles. The topological polar surface area (TPSA) is 36.7 Å². The van der Waals surface area contributed by atoms with Crippen molar-refractivity contribution in [3.05, 3.63) is 87.7 Å². The lowest BCUT2D eigenvalue weighted by atomic mass is 10.1. The third kappa shape index (κ3) is 3.39. The number of hydrogen-bond donors (Lipinski definition) is 0. The molecule has 0 amide bonds. The average Bonchev–Trinajstić information content (AvgIpc) is 3.17. The van der Waals surface area contributed by atoms with Gasteiger partial charge in [0.05, 0.1) is 11.3 Å². The summed E-state index contributed by atoms with van der Waals surface area (Å²) in [6.07, 6.45) is 1.83. The van der Waals surface area contributed by atoms with Crippen molar-refractivity contribution in [3.8, 4) is 17.3 Å². The van der Waals surface area contributed by atoms with Crippen LogP contribution in [0.4, 0.5) is 0 Å². The number of benzene rings is 3. The number of nitriles is 1. The van der Waals surface area contributed by atoms with Crippen molar-refractivity contribution in [1.29, 1.82) is 5.26 Å². The summed E-state index contributed by atoms with van der Waals surface area (Å²) in [6, 6.07) is 24.2. The van der Waals surface area contributed by atoms with Crippen LogP contribution in [-0.4, -0.2) is 4.98 Å². The van der Waals surface area contributed by atoms with Crippen molar-refractivity contribution < 1.29 is 0 Å². The summed E-state index contributed by atoms with van der Waals surface area (Å²) >= 11 is 7.39. The fraction of sp³-hybridized carbons (Fsp3) is 0. The monoisotopic (exact) mass is 372 g/mol. The van der Waals surface area contributed by atoms with E-state index in [9.17, 15) is 5.26 Å². The van der Waals surface area contributed by atoms with Crippen LogP contribution in [-0.2, 0) is 0 Å². The van der Waals surface area contributed by atoms with E-state index < -0.39 is 0 Å². The number of fused-ring (bicyclic) bond motifs is 1. The smallest absolute Gasteiger partial charge is 0.134 e. The van der Waals surface area contributed by atoms with Crippen molar-refractivity contribution in [2.75, 3.05) is 0 Å². The van der Waals surface area contributed by atoms with Crippen molar-refractivity contribution in [3.63, 3.8) is 0 Å². The van der Waals surface area contributed by atoms with E-state index in [4.69, 9.17) is 11.6 Å². The van der Waals surface area contributed by atoms with Gasteiger partial charge in [-0.2, -0.15) is 5.26 Å². The van der Waals surface area contributed by atoms with Gasteiger partial charge in [0.2, 0.25) is 0 Å². The van der Waals surface area contributed by atoms with Crippen molar-refractivity contribution >= 4 is 45.4 Å². The summed E-state index contributed by atoms with van der Waals surface area (Å²) in [7, 11) is 0. The predicted octanol–water partition coefficient (Wildman–Crippen LogP) is 6.68. The normalized spacial score (nSPS) is 11.5. The summed E-state index contributed by atoms with van der Waals surface area (Å²) in [5.41, 5.74) is 3.40. The van der Waals surface area contributed by atoms with Crippen LogP contribution in [0.2, 0.25) is 5.02 Å². The Morgan fingerprint density at radius 2 is 1.77 bits per heavy atom. The maximum atomic E-state index is 9.54. The van der Waals surface area contributed by atoms with Gasteiger partial charge in [-0.15, -0.1) is 11.3 Å². The zero-order chi connectivity index (χ0) is 17.9. The summed E-state index contributed by atoms with van der Waals surface area (Å²) in [6.45, 7) is 0. The molecule has 0 fully saturated rings. The molecule has 124 valence electrons. The number of aromatic nitrogens is 1. The molecule has 1 heterocycles. The van der Waals surface area contributed by atoms with E-state index in [0.717, 1.165) is 16.8 Å². The first kappa shape index (κ1) is 16.5. The zero-order valence-corrected chi connectivity index (χ0v) is 15.3. The largest absolute Gasteiger partial charge is 0.235 e. The van der Waals surface area contributed by atoms with E-state index in [1.165, 1.54) is 22.1 Å². The van der Waals surface area contributed by atoms with Crippen LogP contribution < -0.4 is 0 Å². The van der Waals surface area contributed by atoms with E-state index in [0.29, 0.717) is 15.6 Å². The molecule has 0 aliphatic carbocycles. The van der Waals surface area contributed by atoms with Gasteiger partial charge in [0.25, 0.3) is 0 Å². The quantitative estimate of drug-likeness (QED) is 0.376. The first-order chi connectivity index (χ1) is 12.7. The minimum atomic E-state index is 0.546. The van der Waals surface area contributed by atoms with Gasteiger partial charge < -0.3 is 0 Å². The predicted molar refractivity (Wildman–Crippen MR) is 110 cm³/mol. The lowest BCUT2D eigenvalue weighted by Crippen LogP contribution is -1.83. The standard InChI is InChI=1S/C22H13ClN2S/c23-20-9-5-15(6-10-20)11-19(13-24)22-25-21(14-26-22)18-8-7-16-3-1-2-4-17(16)12-18/h1-12,14H/b19-11-. The molecular weight excluding hydrogens is 360 g/mol. The Morgan fingerprint density at radius 1 is 1.00 bits per heavy atom. The van der Waals surface area contributed by atoms with Crippen LogP contribution in [0.1, 0.15) is 10.6 Å². The minimum Gasteiger partial charge on any atom is -0.235 e. The second kappa shape index (κ2) is 7.13. The molecular formula is C22H13ClN2S. The van der Waals surface area contributed by atoms with Gasteiger partial charge in [0, 0.05) is 16.0 Å². The Kier molecular flexibility index (Phi) is 4.53. The minimum absolute atomic E-state index is 0.546. The highest BCUT2D eigenvalue weighted by Gasteiger charge is 2.09. The fourth-order valence-corrected chi connectivity index (χ4v) is 3.67. The zero-order valence-electron chi connectivity index (χ0n) is 13.7. The van der Waals surface area contributed by atoms with Crippen molar-refractivity contribution in [2.24, 2.45) is 0 Å². The van der Waals surface area contributed by atoms with Crippen LogP contribution in [0.3, 0.4) is 0 Å². The highest BCUT2D eigenvalue weighted by molar-refractivity contribution is 7.11. The van der Waals surface area contributed by atoms with Crippen LogP contribution in [0.15, 0.2) is 72.1 Å². The molecule has 0 radical (unpaired) electrons. The van der Waals surface area contributed by atoms with E-state index in [1.54, 1.807) is 0 Å². The second-order valence-electron chi connectivity index (χ2n) is 5.82. The summed E-state index contributed by atoms with van der Waals surface area (Å²) in [4.78, 5) is 4.67. The number of halogens is 1. The highest BCUT2D eigenvalue weighted by atomic mass is 35.5. The van der Waals surface area contributed by atoms with E-state index >= 15 is 0 Å². The lowest BCUT2D eigenvalue weighted by Gasteiger charge is -2.01. The van der Waals surface area contributed by atoms with Crippen molar-refractivity contribution in [2.45, 2.75) is 0 Å². The van der Waals surface area contributed by atoms with Gasteiger partial charge >= 0.3 is 0 Å². The van der Waals surface area contributed by atoms with Gasteiger partial charge in [-0.3, -0.25) is 0 Å². The number of nitrogens with zero attached hydrogens (tertiary/aromatic N) is 2. The third-order valence-corrected chi connectivity index (χ3v) is 5.21. The van der Waals surface area contributed by atoms with Crippen LogP contribution in [0.25, 0.3) is 33.7 Å². The molecule has 0 aliphatic rings. The van der Waals surface area contributed by atoms with Gasteiger partial charge in [-0.05, 0) is 40.6 Å². The van der Waals surface area contributed by atoms with Crippen molar-refractivity contribution in [1.82, 2.24) is 4.98 Å². The molecule has 4 rings (SSSR count). The SMILES string of the molecule is N#C/C(=C/c1ccc(Cl)cc1)c1nc(-c2ccc3ccccc3c2)cs1. The van der Waals surface area contributed by atoms with Crippen LogP contribution in [0, 0.1) is 11.3 Å². The Morgan fingerprint density at radius 3 is 2.54 bits per heavy atom. The van der Waals surface area contributed by atoms with Gasteiger partial charge in [0.1, 0.15) is 11.1 Å².